The molecule has 3 aliphatic rings. The number of methoxy groups -OCH3 is 1. The van der Waals surface area contributed by atoms with Crippen molar-refractivity contribution in [3.63, 3.8) is 0 Å². The maximum Gasteiger partial charge on any atom is 0.410 e. The Kier molecular flexibility index (Phi) is 6.59. The molecule has 1 N–H and O–H groups in total. The summed E-state index contributed by atoms with van der Waals surface area (Å²) in [6.07, 6.45) is 1.83. The molecule has 1 amide bonds. The molecule has 2 saturated heterocycles. The number of piperidine rings is 1. The van der Waals surface area contributed by atoms with Crippen LogP contribution in [0.4, 0.5) is 25.1 Å². The van der Waals surface area contributed by atoms with Crippen LogP contribution in [0.2, 0.25) is 0 Å². The molecule has 36 heavy (non-hydrogen) atoms. The van der Waals surface area contributed by atoms with Crippen molar-refractivity contribution in [3.8, 4) is 11.9 Å². The van der Waals surface area contributed by atoms with E-state index in [1.165, 1.54) is 12.1 Å². The van der Waals surface area contributed by atoms with Gasteiger partial charge in [-0.05, 0) is 31.0 Å². The molecule has 1 saturated carbocycles. The first-order valence-electron chi connectivity index (χ1n) is 11.6. The lowest BCUT2D eigenvalue weighted by molar-refractivity contribution is -0.114. The largest absolute Gasteiger partial charge is 0.471 e. The summed E-state index contributed by atoms with van der Waals surface area (Å²) < 4.78 is 52.0. The molecule has 1 aromatic carbocycles. The van der Waals surface area contributed by atoms with Gasteiger partial charge in [-0.15, -0.1) is 0 Å². The molecule has 2 aromatic rings. The summed E-state index contributed by atoms with van der Waals surface area (Å²) in [5.74, 6) is -2.58. The maximum absolute atomic E-state index is 15.2. The van der Waals surface area contributed by atoms with Crippen molar-refractivity contribution in [3.05, 3.63) is 41.7 Å². The fraction of sp³-hybridized carbons (Fsp3) is 0.500. The molecule has 2 bridgehead atoms. The molecule has 2 unspecified atom stereocenters. The molecule has 0 spiro atoms. The van der Waals surface area contributed by atoms with Gasteiger partial charge in [0.25, 0.3) is 5.88 Å². The lowest BCUT2D eigenvalue weighted by Gasteiger charge is -2.46. The number of hydrogen-bond acceptors (Lipinski definition) is 9. The molecule has 10 nitrogen and oxygen atoms in total. The lowest BCUT2D eigenvalue weighted by Crippen LogP contribution is -2.59. The van der Waals surface area contributed by atoms with E-state index in [1.807, 2.05) is 6.07 Å². The van der Waals surface area contributed by atoms with Crippen LogP contribution in [0.15, 0.2) is 24.5 Å². The van der Waals surface area contributed by atoms with Crippen LogP contribution >= 0.6 is 0 Å². The quantitative estimate of drug-likeness (QED) is 0.611. The third-order valence-electron chi connectivity index (χ3n) is 6.64. The van der Waals surface area contributed by atoms with Gasteiger partial charge in [-0.2, -0.15) is 14.6 Å². The summed E-state index contributed by atoms with van der Waals surface area (Å²) in [5.41, 5.74) is -0.441. The predicted molar refractivity (Wildman–Crippen MR) is 120 cm³/mol. The van der Waals surface area contributed by atoms with E-state index >= 15 is 4.39 Å². The first-order valence-corrected chi connectivity index (χ1v) is 11.6. The van der Waals surface area contributed by atoms with E-state index in [-0.39, 0.29) is 34.8 Å². The highest BCUT2D eigenvalue weighted by Gasteiger charge is 2.50. The Bertz CT molecular complexity index is 1170. The Hall–Kier alpha value is -3.56. The van der Waals surface area contributed by atoms with Crippen LogP contribution in [0.5, 0.6) is 5.88 Å². The van der Waals surface area contributed by atoms with E-state index in [2.05, 4.69) is 15.3 Å². The van der Waals surface area contributed by atoms with Gasteiger partial charge in [-0.3, -0.25) is 0 Å². The average Bonchev–Trinajstić information content (AvgIpc) is 3.61. The number of nitrogens with zero attached hydrogens (tertiary/aromatic N) is 4. The first-order chi connectivity index (χ1) is 17.4. The van der Waals surface area contributed by atoms with Crippen molar-refractivity contribution >= 4 is 17.6 Å². The van der Waals surface area contributed by atoms with E-state index in [0.717, 1.165) is 25.2 Å². The van der Waals surface area contributed by atoms with Gasteiger partial charge >= 0.3 is 6.09 Å². The number of halogens is 2. The summed E-state index contributed by atoms with van der Waals surface area (Å²) in [7, 11) is 1.58. The second kappa shape index (κ2) is 9.83. The second-order valence-electron chi connectivity index (χ2n) is 9.30. The molecular formula is C24H25F2N5O5. The molecule has 1 aromatic heterocycles. The monoisotopic (exact) mass is 501 g/mol. The number of amides is 1. The van der Waals surface area contributed by atoms with Gasteiger partial charge in [-0.25, -0.2) is 14.2 Å². The SMILES string of the molecule is COCC1(OC(=O)N2CC3COCC(C2)C3Oc2ncnc(Nc3ccc(C#N)cc3F)c2F)CC1. The number of aromatic nitrogens is 2. The van der Waals surface area contributed by atoms with Crippen molar-refractivity contribution in [1.82, 2.24) is 14.9 Å². The molecular weight excluding hydrogens is 476 g/mol. The zero-order valence-corrected chi connectivity index (χ0v) is 19.6. The summed E-state index contributed by atoms with van der Waals surface area (Å²) >= 11 is 0. The Balaban J connectivity index is 1.27. The molecule has 0 radical (unpaired) electrons. The number of rotatable bonds is 7. The van der Waals surface area contributed by atoms with Crippen LogP contribution in [0.1, 0.15) is 18.4 Å². The summed E-state index contributed by atoms with van der Waals surface area (Å²) in [6.45, 7) is 1.70. The van der Waals surface area contributed by atoms with Gasteiger partial charge in [0.15, 0.2) is 5.82 Å². The lowest BCUT2D eigenvalue weighted by atomic mass is 9.84. The van der Waals surface area contributed by atoms with Crippen molar-refractivity contribution in [2.75, 3.05) is 45.3 Å². The highest BCUT2D eigenvalue weighted by atomic mass is 19.1. The minimum Gasteiger partial charge on any atom is -0.471 e. The molecule has 190 valence electrons. The van der Waals surface area contributed by atoms with Gasteiger partial charge in [0.1, 0.15) is 23.8 Å². The number of carbonyl (C=O) groups is 1. The number of hydrogen-bond donors (Lipinski definition) is 1. The minimum absolute atomic E-state index is 0.0449. The molecule has 3 fully saturated rings. The Labute approximate surface area is 206 Å². The summed E-state index contributed by atoms with van der Waals surface area (Å²) in [6, 6.07) is 5.61. The molecule has 2 atom stereocenters. The predicted octanol–water partition coefficient (Wildman–Crippen LogP) is 3.01. The zero-order valence-electron chi connectivity index (χ0n) is 19.6. The fourth-order valence-corrected chi connectivity index (χ4v) is 4.63. The van der Waals surface area contributed by atoms with Crippen molar-refractivity contribution in [2.24, 2.45) is 11.8 Å². The van der Waals surface area contributed by atoms with E-state index < -0.39 is 29.4 Å². The highest BCUT2D eigenvalue weighted by molar-refractivity contribution is 5.69. The van der Waals surface area contributed by atoms with Crippen LogP contribution in [-0.2, 0) is 14.2 Å². The van der Waals surface area contributed by atoms with Gasteiger partial charge in [0, 0.05) is 32.0 Å². The third kappa shape index (κ3) is 4.89. The Morgan fingerprint density at radius 3 is 2.67 bits per heavy atom. The number of likely N-dealkylation sites (tertiary alicyclic amines) is 1. The molecule has 5 rings (SSSR count). The number of ether oxygens (including phenoxy) is 4. The van der Waals surface area contributed by atoms with Crippen LogP contribution < -0.4 is 10.1 Å². The molecule has 1 aliphatic carbocycles. The van der Waals surface area contributed by atoms with E-state index in [0.29, 0.717) is 32.9 Å². The molecule has 12 heteroatoms. The highest BCUT2D eigenvalue weighted by Crippen LogP contribution is 2.41. The van der Waals surface area contributed by atoms with Crippen molar-refractivity contribution < 1.29 is 32.5 Å². The number of carbonyl (C=O) groups excluding carboxylic acids is 1. The van der Waals surface area contributed by atoms with Gasteiger partial charge < -0.3 is 29.2 Å². The normalized spacial score (nSPS) is 23.9. The van der Waals surface area contributed by atoms with E-state index in [4.69, 9.17) is 24.2 Å². The van der Waals surface area contributed by atoms with Crippen molar-refractivity contribution in [1.29, 1.82) is 5.26 Å². The minimum atomic E-state index is -0.877. The Morgan fingerprint density at radius 2 is 2.03 bits per heavy atom. The standard InChI is InChI=1S/C24H25F2N5O5/c1-33-12-24(4-5-24)36-23(32)31-8-15-10-34-11-16(9-31)20(15)35-22-19(26)21(28-13-29-22)30-18-3-2-14(7-27)6-17(18)25/h2-3,6,13,15-16,20H,4-5,8-12H2,1H3,(H,28,29,30). The Morgan fingerprint density at radius 1 is 1.28 bits per heavy atom. The third-order valence-corrected chi connectivity index (χ3v) is 6.64. The molecule has 2 aliphatic heterocycles. The number of nitrogens with one attached hydrogen (secondary N) is 1. The number of anilines is 2. The fourth-order valence-electron chi connectivity index (χ4n) is 4.63. The van der Waals surface area contributed by atoms with Crippen LogP contribution in [-0.4, -0.2) is 72.7 Å². The topological polar surface area (TPSA) is 119 Å². The van der Waals surface area contributed by atoms with Crippen LogP contribution in [0, 0.1) is 34.8 Å². The zero-order chi connectivity index (χ0) is 25.3. The van der Waals surface area contributed by atoms with Gasteiger partial charge in [-0.1, -0.05) is 0 Å². The smallest absolute Gasteiger partial charge is 0.410 e. The number of benzene rings is 1. The van der Waals surface area contributed by atoms with Crippen LogP contribution in [0.25, 0.3) is 0 Å². The van der Waals surface area contributed by atoms with E-state index in [9.17, 15) is 9.18 Å². The maximum atomic E-state index is 15.2. The second-order valence-corrected chi connectivity index (χ2v) is 9.30. The number of fused-ring (bicyclic) bond motifs is 2. The average molecular weight is 501 g/mol. The van der Waals surface area contributed by atoms with Gasteiger partial charge in [0.2, 0.25) is 5.82 Å². The van der Waals surface area contributed by atoms with Gasteiger partial charge in [0.05, 0.1) is 37.1 Å². The van der Waals surface area contributed by atoms with Crippen molar-refractivity contribution in [2.45, 2.75) is 24.5 Å². The molecule has 3 heterocycles. The van der Waals surface area contributed by atoms with Crippen LogP contribution in [0.3, 0.4) is 0 Å². The van der Waals surface area contributed by atoms with E-state index in [1.54, 1.807) is 12.0 Å². The first kappa shape index (κ1) is 24.1. The summed E-state index contributed by atoms with van der Waals surface area (Å²) in [4.78, 5) is 22.2. The summed E-state index contributed by atoms with van der Waals surface area (Å²) in [5, 5.41) is 11.5. The number of nitriles is 1.